The zero-order chi connectivity index (χ0) is 15.6. The Morgan fingerprint density at radius 2 is 1.95 bits per heavy atom. The van der Waals surface area contributed by atoms with Crippen molar-refractivity contribution in [2.45, 2.75) is 25.6 Å². The van der Waals surface area contributed by atoms with Crippen LogP contribution in [-0.4, -0.2) is 29.3 Å². The summed E-state index contributed by atoms with van der Waals surface area (Å²) in [6.07, 6.45) is -4.34. The topological polar surface area (TPSA) is 66.6 Å². The van der Waals surface area contributed by atoms with E-state index in [1.54, 1.807) is 4.90 Å². The molecule has 5 nitrogen and oxygen atoms in total. The first-order chi connectivity index (χ1) is 9.82. The van der Waals surface area contributed by atoms with Gasteiger partial charge in [0.1, 0.15) is 5.69 Å². The molecule has 0 saturated carbocycles. The van der Waals surface area contributed by atoms with E-state index in [2.05, 4.69) is 0 Å². The highest BCUT2D eigenvalue weighted by molar-refractivity contribution is 5.64. The van der Waals surface area contributed by atoms with Crippen molar-refractivity contribution in [1.82, 2.24) is 0 Å². The first kappa shape index (κ1) is 15.6. The molecule has 116 valence electrons. The van der Waals surface area contributed by atoms with Crippen molar-refractivity contribution < 1.29 is 23.2 Å². The van der Waals surface area contributed by atoms with Crippen molar-refractivity contribution in [2.24, 2.45) is 5.92 Å². The maximum Gasteiger partial charge on any atom is 0.391 e. The maximum absolute atomic E-state index is 12.6. The molecule has 1 aromatic rings. The van der Waals surface area contributed by atoms with Crippen molar-refractivity contribution in [3.8, 4) is 0 Å². The van der Waals surface area contributed by atoms with Gasteiger partial charge in [0.15, 0.2) is 0 Å². The molecule has 1 saturated heterocycles. The number of halogens is 3. The smallest absolute Gasteiger partial charge is 0.391 e. The van der Waals surface area contributed by atoms with Crippen molar-refractivity contribution in [2.75, 3.05) is 18.0 Å². The molecule has 8 heteroatoms. The van der Waals surface area contributed by atoms with Crippen LogP contribution in [0.2, 0.25) is 0 Å². The van der Waals surface area contributed by atoms with Gasteiger partial charge in [-0.2, -0.15) is 13.2 Å². The van der Waals surface area contributed by atoms with Gasteiger partial charge in [0.25, 0.3) is 5.69 Å². The highest BCUT2D eigenvalue weighted by atomic mass is 19.4. The average Bonchev–Trinajstić information content (AvgIpc) is 2.45. The Balaban J connectivity index is 2.18. The Hall–Kier alpha value is -1.83. The van der Waals surface area contributed by atoms with Crippen LogP contribution in [-0.2, 0) is 6.61 Å². The zero-order valence-corrected chi connectivity index (χ0v) is 11.1. The standard InChI is InChI=1S/C13H15F3N2O3/c14-13(15,16)10-3-5-17(6-4-10)11-2-1-9(8-19)7-12(11)18(20)21/h1-2,7,10,19H,3-6,8H2. The third kappa shape index (κ3) is 3.44. The van der Waals surface area contributed by atoms with Gasteiger partial charge in [-0.05, 0) is 24.5 Å². The number of aliphatic hydroxyl groups excluding tert-OH is 1. The third-order valence-corrected chi connectivity index (χ3v) is 3.72. The number of alkyl halides is 3. The van der Waals surface area contributed by atoms with Crippen LogP contribution in [0.4, 0.5) is 24.5 Å². The molecule has 0 unspecified atom stereocenters. The van der Waals surface area contributed by atoms with Gasteiger partial charge in [0, 0.05) is 19.2 Å². The summed E-state index contributed by atoms with van der Waals surface area (Å²) in [6, 6.07) is 4.28. The lowest BCUT2D eigenvalue weighted by Gasteiger charge is -2.34. The van der Waals surface area contributed by atoms with Crippen LogP contribution in [0.25, 0.3) is 0 Å². The van der Waals surface area contributed by atoms with Crippen molar-refractivity contribution in [3.05, 3.63) is 33.9 Å². The van der Waals surface area contributed by atoms with E-state index >= 15 is 0 Å². The van der Waals surface area contributed by atoms with Crippen LogP contribution >= 0.6 is 0 Å². The van der Waals surface area contributed by atoms with Gasteiger partial charge in [0.05, 0.1) is 17.4 Å². The lowest BCUT2D eigenvalue weighted by Crippen LogP contribution is -2.39. The van der Waals surface area contributed by atoms with Crippen LogP contribution in [0, 0.1) is 16.0 Å². The fraction of sp³-hybridized carbons (Fsp3) is 0.538. The number of benzene rings is 1. The molecule has 0 aromatic heterocycles. The van der Waals surface area contributed by atoms with Gasteiger partial charge in [-0.1, -0.05) is 6.07 Å². The van der Waals surface area contributed by atoms with Crippen LogP contribution in [0.1, 0.15) is 18.4 Å². The third-order valence-electron chi connectivity index (χ3n) is 3.72. The zero-order valence-electron chi connectivity index (χ0n) is 11.1. The molecule has 2 rings (SSSR count). The molecule has 1 N–H and O–H groups in total. The molecule has 1 aliphatic heterocycles. The molecule has 0 radical (unpaired) electrons. The molecule has 1 aromatic carbocycles. The minimum atomic E-state index is -4.21. The molecule has 0 spiro atoms. The minimum Gasteiger partial charge on any atom is -0.392 e. The van der Waals surface area contributed by atoms with E-state index in [0.717, 1.165) is 0 Å². The molecule has 1 fully saturated rings. The van der Waals surface area contributed by atoms with Crippen LogP contribution in [0.5, 0.6) is 0 Å². The van der Waals surface area contributed by atoms with Crippen LogP contribution in [0.15, 0.2) is 18.2 Å². The van der Waals surface area contributed by atoms with E-state index in [1.165, 1.54) is 18.2 Å². The first-order valence-corrected chi connectivity index (χ1v) is 6.52. The highest BCUT2D eigenvalue weighted by Gasteiger charge is 2.41. The summed E-state index contributed by atoms with van der Waals surface area (Å²) >= 11 is 0. The number of piperidine rings is 1. The SMILES string of the molecule is O=[N+]([O-])c1cc(CO)ccc1N1CCC(C(F)(F)F)CC1. The number of rotatable bonds is 3. The fourth-order valence-corrected chi connectivity index (χ4v) is 2.53. The predicted molar refractivity (Wildman–Crippen MR) is 70.0 cm³/mol. The predicted octanol–water partition coefficient (Wildman–Crippen LogP) is 2.87. The second-order valence-electron chi connectivity index (χ2n) is 5.04. The van der Waals surface area contributed by atoms with Gasteiger partial charge < -0.3 is 10.0 Å². The van der Waals surface area contributed by atoms with Crippen molar-refractivity contribution in [3.63, 3.8) is 0 Å². The summed E-state index contributed by atoms with van der Waals surface area (Å²) in [5.74, 6) is -1.34. The highest BCUT2D eigenvalue weighted by Crippen LogP contribution is 2.37. The normalized spacial score (nSPS) is 17.0. The fourth-order valence-electron chi connectivity index (χ4n) is 2.53. The van der Waals surface area contributed by atoms with Gasteiger partial charge in [-0.15, -0.1) is 0 Å². The lowest BCUT2D eigenvalue weighted by atomic mass is 9.95. The molecule has 1 heterocycles. The summed E-state index contributed by atoms with van der Waals surface area (Å²) in [4.78, 5) is 12.1. The minimum absolute atomic E-state index is 0.0671. The van der Waals surface area contributed by atoms with Gasteiger partial charge in [-0.25, -0.2) is 0 Å². The number of nitro benzene ring substituents is 1. The van der Waals surface area contributed by atoms with Crippen LogP contribution < -0.4 is 4.90 Å². The summed E-state index contributed by atoms with van der Waals surface area (Å²) in [7, 11) is 0. The molecule has 0 atom stereocenters. The van der Waals surface area contributed by atoms with Gasteiger partial charge >= 0.3 is 6.18 Å². The molecule has 0 bridgehead atoms. The molecule has 1 aliphatic rings. The second-order valence-corrected chi connectivity index (χ2v) is 5.04. The molecule has 21 heavy (non-hydrogen) atoms. The van der Waals surface area contributed by atoms with E-state index in [1.807, 2.05) is 0 Å². The molecular formula is C13H15F3N2O3. The van der Waals surface area contributed by atoms with E-state index in [-0.39, 0.29) is 38.2 Å². The summed E-state index contributed by atoms with van der Waals surface area (Å²) in [5, 5.41) is 20.1. The number of nitro groups is 1. The van der Waals surface area contributed by atoms with Crippen molar-refractivity contribution in [1.29, 1.82) is 0 Å². The Morgan fingerprint density at radius 3 is 2.43 bits per heavy atom. The largest absolute Gasteiger partial charge is 0.392 e. The first-order valence-electron chi connectivity index (χ1n) is 6.52. The molecular weight excluding hydrogens is 289 g/mol. The Morgan fingerprint density at radius 1 is 1.33 bits per heavy atom. The molecule has 0 aliphatic carbocycles. The van der Waals surface area contributed by atoms with Gasteiger partial charge in [0.2, 0.25) is 0 Å². The monoisotopic (exact) mass is 304 g/mol. The summed E-state index contributed by atoms with van der Waals surface area (Å²) in [5.41, 5.74) is 0.514. The number of anilines is 1. The summed E-state index contributed by atoms with van der Waals surface area (Å²) < 4.78 is 37.9. The number of aliphatic hydroxyl groups is 1. The lowest BCUT2D eigenvalue weighted by molar-refractivity contribution is -0.384. The van der Waals surface area contributed by atoms with E-state index in [9.17, 15) is 23.3 Å². The van der Waals surface area contributed by atoms with E-state index in [4.69, 9.17) is 5.11 Å². The Bertz CT molecular complexity index is 526. The molecule has 0 amide bonds. The number of nitrogens with zero attached hydrogens (tertiary/aromatic N) is 2. The maximum atomic E-state index is 12.6. The van der Waals surface area contributed by atoms with Crippen LogP contribution in [0.3, 0.4) is 0 Å². The average molecular weight is 304 g/mol. The van der Waals surface area contributed by atoms with E-state index < -0.39 is 17.0 Å². The number of hydrogen-bond acceptors (Lipinski definition) is 4. The van der Waals surface area contributed by atoms with E-state index in [0.29, 0.717) is 11.3 Å². The number of hydrogen-bond donors (Lipinski definition) is 1. The second kappa shape index (κ2) is 5.88. The Kier molecular flexibility index (Phi) is 4.36. The van der Waals surface area contributed by atoms with Gasteiger partial charge in [-0.3, -0.25) is 10.1 Å². The quantitative estimate of drug-likeness (QED) is 0.689. The van der Waals surface area contributed by atoms with Crippen molar-refractivity contribution >= 4 is 11.4 Å². The summed E-state index contributed by atoms with van der Waals surface area (Å²) in [6.45, 7) is -0.0652. The Labute approximate surface area is 119 Å².